The lowest BCUT2D eigenvalue weighted by Gasteiger charge is -2.39. The highest BCUT2D eigenvalue weighted by molar-refractivity contribution is 7.90. The van der Waals surface area contributed by atoms with Crippen molar-refractivity contribution < 1.29 is 22.7 Å². The fraction of sp³-hybridized carbons (Fsp3) is 0.214. The van der Waals surface area contributed by atoms with E-state index in [1.54, 1.807) is 53.6 Å². The number of carbonyl (C=O) groups is 1. The van der Waals surface area contributed by atoms with Gasteiger partial charge in [-0.2, -0.15) is 0 Å². The summed E-state index contributed by atoms with van der Waals surface area (Å²) in [6, 6.07) is 19.1. The topological polar surface area (TPSA) is 87.6 Å². The molecule has 1 saturated heterocycles. The summed E-state index contributed by atoms with van der Waals surface area (Å²) in [5.41, 5.74) is 0.635. The Kier molecular flexibility index (Phi) is 6.74. The number of pyridine rings is 1. The molecular formula is C28H24ClFN2O4S. The van der Waals surface area contributed by atoms with E-state index >= 15 is 0 Å². The Morgan fingerprint density at radius 1 is 1.03 bits per heavy atom. The molecule has 1 N–H and O–H groups in total. The zero-order valence-corrected chi connectivity index (χ0v) is 21.3. The number of aromatic nitrogens is 1. The number of amides is 1. The van der Waals surface area contributed by atoms with E-state index in [2.05, 4.69) is 4.98 Å². The number of piperidine rings is 1. The summed E-state index contributed by atoms with van der Waals surface area (Å²) in [7, 11) is -3.66. The number of sulfone groups is 1. The van der Waals surface area contributed by atoms with Gasteiger partial charge < -0.3 is 10.0 Å². The van der Waals surface area contributed by atoms with E-state index < -0.39 is 21.3 Å². The number of fused-ring (bicyclic) bond motifs is 1. The Morgan fingerprint density at radius 2 is 1.73 bits per heavy atom. The SMILES string of the molecule is O=C(c1ccc(CS(=O)(=O)c2cccc3cccnc23)cc1)N1CCC(O)(c2ccc(F)cc2Cl)CC1. The zero-order valence-electron chi connectivity index (χ0n) is 19.8. The van der Waals surface area contributed by atoms with Crippen LogP contribution in [0.25, 0.3) is 10.9 Å². The lowest BCUT2D eigenvalue weighted by atomic mass is 9.84. The summed E-state index contributed by atoms with van der Waals surface area (Å²) in [6.45, 7) is 0.598. The minimum atomic E-state index is -3.66. The fourth-order valence-electron chi connectivity index (χ4n) is 4.77. The molecule has 1 aliphatic rings. The van der Waals surface area contributed by atoms with Crippen LogP contribution in [0.4, 0.5) is 4.39 Å². The highest BCUT2D eigenvalue weighted by Crippen LogP contribution is 2.37. The van der Waals surface area contributed by atoms with Crippen LogP contribution in [0.2, 0.25) is 5.02 Å². The molecule has 4 aromatic rings. The molecule has 1 fully saturated rings. The summed E-state index contributed by atoms with van der Waals surface area (Å²) >= 11 is 6.15. The Morgan fingerprint density at radius 3 is 2.43 bits per heavy atom. The summed E-state index contributed by atoms with van der Waals surface area (Å²) in [5.74, 6) is -0.901. The molecule has 0 radical (unpaired) electrons. The van der Waals surface area contributed by atoms with Crippen molar-refractivity contribution in [2.24, 2.45) is 0 Å². The average Bonchev–Trinajstić information content (AvgIpc) is 2.88. The van der Waals surface area contributed by atoms with Crippen molar-refractivity contribution in [3.63, 3.8) is 0 Å². The van der Waals surface area contributed by atoms with Crippen LogP contribution in [0.15, 0.2) is 83.9 Å². The van der Waals surface area contributed by atoms with E-state index in [1.165, 1.54) is 18.2 Å². The van der Waals surface area contributed by atoms with E-state index in [0.717, 1.165) is 5.39 Å². The monoisotopic (exact) mass is 538 g/mol. The first-order valence-corrected chi connectivity index (χ1v) is 13.8. The number of halogens is 2. The zero-order chi connectivity index (χ0) is 26.2. The van der Waals surface area contributed by atoms with Crippen LogP contribution >= 0.6 is 11.6 Å². The van der Waals surface area contributed by atoms with E-state index in [9.17, 15) is 22.7 Å². The van der Waals surface area contributed by atoms with Crippen molar-refractivity contribution in [2.45, 2.75) is 29.1 Å². The molecule has 37 heavy (non-hydrogen) atoms. The Balaban J connectivity index is 1.27. The second-order valence-corrected chi connectivity index (χ2v) is 11.6. The molecule has 2 heterocycles. The second-order valence-electron chi connectivity index (χ2n) is 9.24. The minimum Gasteiger partial charge on any atom is -0.385 e. The van der Waals surface area contributed by atoms with Gasteiger partial charge in [-0.05, 0) is 54.8 Å². The maximum absolute atomic E-state index is 13.4. The van der Waals surface area contributed by atoms with Crippen molar-refractivity contribution in [2.75, 3.05) is 13.1 Å². The van der Waals surface area contributed by atoms with Crippen molar-refractivity contribution in [3.05, 3.63) is 107 Å². The third-order valence-electron chi connectivity index (χ3n) is 6.80. The number of hydrogen-bond acceptors (Lipinski definition) is 5. The quantitative estimate of drug-likeness (QED) is 0.381. The first-order valence-electron chi connectivity index (χ1n) is 11.8. The highest BCUT2D eigenvalue weighted by atomic mass is 35.5. The number of aliphatic hydroxyl groups is 1. The molecule has 3 aromatic carbocycles. The molecule has 0 bridgehead atoms. The normalized spacial score (nSPS) is 15.6. The van der Waals surface area contributed by atoms with Gasteiger partial charge in [0.1, 0.15) is 5.82 Å². The molecule has 0 aliphatic carbocycles. The maximum Gasteiger partial charge on any atom is 0.253 e. The number of benzene rings is 3. The van der Waals surface area contributed by atoms with Gasteiger partial charge in [0.15, 0.2) is 9.84 Å². The molecule has 0 atom stereocenters. The molecule has 0 unspecified atom stereocenters. The van der Waals surface area contributed by atoms with Gasteiger partial charge in [-0.3, -0.25) is 9.78 Å². The third-order valence-corrected chi connectivity index (χ3v) is 8.82. The van der Waals surface area contributed by atoms with E-state index in [0.29, 0.717) is 35.3 Å². The minimum absolute atomic E-state index is 0.159. The molecule has 9 heteroatoms. The lowest BCUT2D eigenvalue weighted by molar-refractivity contribution is -0.0210. The predicted molar refractivity (Wildman–Crippen MR) is 140 cm³/mol. The molecule has 6 nitrogen and oxygen atoms in total. The Hall–Kier alpha value is -3.33. The summed E-state index contributed by atoms with van der Waals surface area (Å²) in [6.07, 6.45) is 2.09. The molecule has 1 aliphatic heterocycles. The van der Waals surface area contributed by atoms with Gasteiger partial charge in [-0.25, -0.2) is 12.8 Å². The Labute approximate surface area is 219 Å². The molecule has 0 spiro atoms. The van der Waals surface area contributed by atoms with Crippen LogP contribution in [-0.4, -0.2) is 42.4 Å². The van der Waals surface area contributed by atoms with E-state index in [1.807, 2.05) is 12.1 Å². The second kappa shape index (κ2) is 9.85. The van der Waals surface area contributed by atoms with Gasteiger partial charge in [-0.15, -0.1) is 0 Å². The number of para-hydroxylation sites is 1. The number of likely N-dealkylation sites (tertiary alicyclic amines) is 1. The number of nitrogens with zero attached hydrogens (tertiary/aromatic N) is 2. The first-order chi connectivity index (χ1) is 17.7. The summed E-state index contributed by atoms with van der Waals surface area (Å²) < 4.78 is 39.7. The third kappa shape index (κ3) is 5.09. The number of carbonyl (C=O) groups excluding carboxylic acids is 1. The molecule has 5 rings (SSSR count). The lowest BCUT2D eigenvalue weighted by Crippen LogP contribution is -2.45. The van der Waals surface area contributed by atoms with Crippen LogP contribution in [0.1, 0.15) is 34.3 Å². The van der Waals surface area contributed by atoms with Crippen molar-refractivity contribution in [1.82, 2.24) is 9.88 Å². The van der Waals surface area contributed by atoms with Gasteiger partial charge in [0.25, 0.3) is 5.91 Å². The van der Waals surface area contributed by atoms with E-state index in [-0.39, 0.29) is 34.4 Å². The average molecular weight is 539 g/mol. The molecular weight excluding hydrogens is 515 g/mol. The van der Waals surface area contributed by atoms with E-state index in [4.69, 9.17) is 11.6 Å². The first kappa shape index (κ1) is 25.3. The van der Waals surface area contributed by atoms with Crippen molar-refractivity contribution in [1.29, 1.82) is 0 Å². The van der Waals surface area contributed by atoms with Crippen LogP contribution < -0.4 is 0 Å². The van der Waals surface area contributed by atoms with Gasteiger partial charge in [0.2, 0.25) is 0 Å². The molecule has 190 valence electrons. The van der Waals surface area contributed by atoms with Gasteiger partial charge in [0.05, 0.1) is 21.8 Å². The van der Waals surface area contributed by atoms with Crippen molar-refractivity contribution >= 4 is 38.2 Å². The van der Waals surface area contributed by atoms with Crippen LogP contribution in [-0.2, 0) is 21.2 Å². The highest BCUT2D eigenvalue weighted by Gasteiger charge is 2.37. The predicted octanol–water partition coefficient (Wildman–Crippen LogP) is 5.13. The largest absolute Gasteiger partial charge is 0.385 e. The Bertz CT molecular complexity index is 1580. The summed E-state index contributed by atoms with van der Waals surface area (Å²) in [5, 5.41) is 12.0. The standard InChI is InChI=1S/C28H24ClFN2O4S/c29-24-17-22(30)10-11-23(24)28(34)12-15-32(16-13-28)27(33)21-8-6-19(7-9-21)18-37(35,36)25-5-1-3-20-4-2-14-31-26(20)25/h1-11,14,17,34H,12-13,15-16,18H2. The van der Waals surface area contributed by atoms with Crippen molar-refractivity contribution in [3.8, 4) is 0 Å². The van der Waals surface area contributed by atoms with Crippen LogP contribution in [0, 0.1) is 5.82 Å². The number of rotatable bonds is 5. The maximum atomic E-state index is 13.4. The molecule has 1 aromatic heterocycles. The van der Waals surface area contributed by atoms with Crippen LogP contribution in [0.3, 0.4) is 0 Å². The van der Waals surface area contributed by atoms with Gasteiger partial charge in [-0.1, -0.05) is 48.0 Å². The smallest absolute Gasteiger partial charge is 0.253 e. The summed E-state index contributed by atoms with van der Waals surface area (Å²) in [4.78, 5) is 19.1. The van der Waals surface area contributed by atoms with Crippen LogP contribution in [0.5, 0.6) is 0 Å². The van der Waals surface area contributed by atoms with Gasteiger partial charge >= 0.3 is 0 Å². The molecule has 1 amide bonds. The van der Waals surface area contributed by atoms with Gasteiger partial charge in [0, 0.05) is 40.8 Å². The fourth-order valence-corrected chi connectivity index (χ4v) is 6.65. The molecule has 0 saturated carbocycles. The number of hydrogen-bond donors (Lipinski definition) is 1.